The summed E-state index contributed by atoms with van der Waals surface area (Å²) in [6.07, 6.45) is -0.736. The van der Waals surface area contributed by atoms with Crippen molar-refractivity contribution in [1.82, 2.24) is 14.8 Å². The summed E-state index contributed by atoms with van der Waals surface area (Å²) in [7, 11) is 0. The lowest BCUT2D eigenvalue weighted by Gasteiger charge is -2.15. The molecular weight excluding hydrogens is 582 g/mol. The first-order valence-corrected chi connectivity index (χ1v) is 14.0. The van der Waals surface area contributed by atoms with Crippen LogP contribution in [0.4, 0.5) is 5.00 Å². The van der Waals surface area contributed by atoms with E-state index in [9.17, 15) is 14.4 Å². The molecule has 37 heavy (non-hydrogen) atoms. The number of aromatic nitrogens is 3. The minimum absolute atomic E-state index is 0.00159. The third-order valence-electron chi connectivity index (χ3n) is 5.05. The molecule has 0 aliphatic carbocycles. The number of benzene rings is 1. The predicted molar refractivity (Wildman–Crippen MR) is 146 cm³/mol. The lowest BCUT2D eigenvalue weighted by Crippen LogP contribution is -2.18. The zero-order valence-corrected chi connectivity index (χ0v) is 24.3. The van der Waals surface area contributed by atoms with Crippen molar-refractivity contribution < 1.29 is 23.9 Å². The van der Waals surface area contributed by atoms with Crippen molar-refractivity contribution in [3.05, 3.63) is 50.6 Å². The van der Waals surface area contributed by atoms with Crippen molar-refractivity contribution in [2.45, 2.75) is 58.5 Å². The summed E-state index contributed by atoms with van der Waals surface area (Å²) in [6, 6.07) is 7.49. The van der Waals surface area contributed by atoms with Crippen molar-refractivity contribution in [3.63, 3.8) is 0 Å². The SMILES string of the molecule is CCn1c(SCC(=O)Nc2sc(C(N)=O)c(C)c2C(=O)OC(C)C)nnc1C(C)Oc1ccc(Br)cc1. The van der Waals surface area contributed by atoms with Gasteiger partial charge in [-0.25, -0.2) is 4.79 Å². The van der Waals surface area contributed by atoms with Gasteiger partial charge < -0.3 is 25.1 Å². The molecule has 1 aromatic carbocycles. The number of ether oxygens (including phenoxy) is 2. The Kier molecular flexibility index (Phi) is 9.74. The van der Waals surface area contributed by atoms with Crippen LogP contribution in [0.2, 0.25) is 0 Å². The van der Waals surface area contributed by atoms with E-state index in [1.807, 2.05) is 42.7 Å². The molecule has 0 bridgehead atoms. The number of rotatable bonds is 11. The Balaban J connectivity index is 1.71. The van der Waals surface area contributed by atoms with Crippen LogP contribution in [0.1, 0.15) is 65.2 Å². The van der Waals surface area contributed by atoms with E-state index < -0.39 is 11.9 Å². The molecule has 0 aliphatic rings. The van der Waals surface area contributed by atoms with E-state index in [2.05, 4.69) is 31.4 Å². The average molecular weight is 611 g/mol. The van der Waals surface area contributed by atoms with Crippen LogP contribution in [0.3, 0.4) is 0 Å². The molecule has 3 rings (SSSR count). The van der Waals surface area contributed by atoms with Crippen LogP contribution in [-0.2, 0) is 16.1 Å². The number of hydrogen-bond acceptors (Lipinski definition) is 9. The van der Waals surface area contributed by atoms with Gasteiger partial charge in [-0.05, 0) is 64.4 Å². The van der Waals surface area contributed by atoms with Gasteiger partial charge in [-0.15, -0.1) is 21.5 Å². The Morgan fingerprint density at radius 2 is 1.86 bits per heavy atom. The fourth-order valence-electron chi connectivity index (χ4n) is 3.42. The normalized spacial score (nSPS) is 11.9. The maximum atomic E-state index is 12.8. The topological polar surface area (TPSA) is 138 Å². The van der Waals surface area contributed by atoms with Gasteiger partial charge in [0.15, 0.2) is 17.1 Å². The zero-order chi connectivity index (χ0) is 27.3. The minimum atomic E-state index is -0.681. The van der Waals surface area contributed by atoms with E-state index in [-0.39, 0.29) is 39.3 Å². The van der Waals surface area contributed by atoms with Gasteiger partial charge in [0, 0.05) is 11.0 Å². The second-order valence-electron chi connectivity index (χ2n) is 8.21. The first-order chi connectivity index (χ1) is 17.5. The smallest absolute Gasteiger partial charge is 0.341 e. The van der Waals surface area contributed by atoms with E-state index in [0.717, 1.165) is 15.8 Å². The van der Waals surface area contributed by atoms with Crippen molar-refractivity contribution in [2.24, 2.45) is 5.73 Å². The molecule has 2 amide bonds. The number of thiophene rings is 1. The fourth-order valence-corrected chi connectivity index (χ4v) is 5.56. The zero-order valence-electron chi connectivity index (χ0n) is 21.0. The molecule has 0 saturated carbocycles. The van der Waals surface area contributed by atoms with Gasteiger partial charge in [0.1, 0.15) is 10.8 Å². The number of thioether (sulfide) groups is 1. The van der Waals surface area contributed by atoms with E-state index in [4.69, 9.17) is 15.2 Å². The summed E-state index contributed by atoms with van der Waals surface area (Å²) >= 11 is 5.55. The fraction of sp³-hybridized carbons (Fsp3) is 0.375. The number of halogens is 1. The van der Waals surface area contributed by atoms with Gasteiger partial charge in [0.25, 0.3) is 5.91 Å². The van der Waals surface area contributed by atoms with E-state index in [1.54, 1.807) is 20.8 Å². The molecule has 0 spiro atoms. The molecule has 0 aliphatic heterocycles. The summed E-state index contributed by atoms with van der Waals surface area (Å²) in [5, 5.41) is 12.0. The van der Waals surface area contributed by atoms with Crippen LogP contribution in [0.25, 0.3) is 0 Å². The summed E-state index contributed by atoms with van der Waals surface area (Å²) in [5.74, 6) is -0.363. The summed E-state index contributed by atoms with van der Waals surface area (Å²) in [4.78, 5) is 37.4. The number of nitrogens with one attached hydrogen (secondary N) is 1. The van der Waals surface area contributed by atoms with Crippen LogP contribution < -0.4 is 15.8 Å². The Labute approximate surface area is 231 Å². The molecule has 3 N–H and O–H groups in total. The molecule has 13 heteroatoms. The molecule has 0 radical (unpaired) electrons. The molecule has 2 heterocycles. The number of esters is 1. The number of carbonyl (C=O) groups excluding carboxylic acids is 3. The number of nitrogens with two attached hydrogens (primary N) is 1. The van der Waals surface area contributed by atoms with Crippen molar-refractivity contribution in [1.29, 1.82) is 0 Å². The summed E-state index contributed by atoms with van der Waals surface area (Å²) in [6.45, 7) is 9.44. The molecule has 10 nitrogen and oxygen atoms in total. The average Bonchev–Trinajstić information content (AvgIpc) is 3.39. The number of carbonyl (C=O) groups is 3. The van der Waals surface area contributed by atoms with Crippen LogP contribution in [-0.4, -0.2) is 44.4 Å². The maximum Gasteiger partial charge on any atom is 0.341 e. The highest BCUT2D eigenvalue weighted by Crippen LogP contribution is 2.34. The third kappa shape index (κ3) is 7.11. The van der Waals surface area contributed by atoms with E-state index in [1.165, 1.54) is 11.8 Å². The summed E-state index contributed by atoms with van der Waals surface area (Å²) < 4.78 is 14.1. The number of anilines is 1. The number of primary amides is 1. The molecule has 1 unspecified atom stereocenters. The highest BCUT2D eigenvalue weighted by Gasteiger charge is 2.27. The van der Waals surface area contributed by atoms with E-state index in [0.29, 0.717) is 28.8 Å². The minimum Gasteiger partial charge on any atom is -0.483 e. The molecular formula is C24H28BrN5O5S2. The summed E-state index contributed by atoms with van der Waals surface area (Å²) in [5.41, 5.74) is 5.95. The first kappa shape index (κ1) is 28.7. The first-order valence-electron chi connectivity index (χ1n) is 11.4. The van der Waals surface area contributed by atoms with Gasteiger partial charge in [-0.1, -0.05) is 27.7 Å². The molecule has 3 aromatic rings. The lowest BCUT2D eigenvalue weighted by atomic mass is 10.1. The molecule has 1 atom stereocenters. The van der Waals surface area contributed by atoms with Crippen LogP contribution in [0.15, 0.2) is 33.9 Å². The van der Waals surface area contributed by atoms with Gasteiger partial charge in [0.2, 0.25) is 5.91 Å². The lowest BCUT2D eigenvalue weighted by molar-refractivity contribution is -0.113. The Morgan fingerprint density at radius 3 is 2.46 bits per heavy atom. The standard InChI is InChI=1S/C24H28BrN5O5S2/c1-6-30-21(14(5)35-16-9-7-15(25)8-10-16)28-29-24(30)36-11-17(31)27-22-18(23(33)34-12(2)3)13(4)19(37-22)20(26)32/h7-10,12,14H,6,11H2,1-5H3,(H2,26,32)(H,27,31). The monoisotopic (exact) mass is 609 g/mol. The van der Waals surface area contributed by atoms with Crippen molar-refractivity contribution in [2.75, 3.05) is 11.1 Å². The van der Waals surface area contributed by atoms with Gasteiger partial charge in [-0.2, -0.15) is 0 Å². The molecule has 0 saturated heterocycles. The second kappa shape index (κ2) is 12.6. The van der Waals surface area contributed by atoms with Crippen LogP contribution in [0.5, 0.6) is 5.75 Å². The maximum absolute atomic E-state index is 12.8. The van der Waals surface area contributed by atoms with Gasteiger partial charge in [-0.3, -0.25) is 9.59 Å². The van der Waals surface area contributed by atoms with Crippen LogP contribution in [0, 0.1) is 6.92 Å². The Bertz CT molecular complexity index is 1290. The Hall–Kier alpha value is -2.90. The second-order valence-corrected chi connectivity index (χ2v) is 11.1. The third-order valence-corrected chi connectivity index (χ3v) is 7.77. The number of nitrogens with zero attached hydrogens (tertiary/aromatic N) is 3. The van der Waals surface area contributed by atoms with Crippen molar-refractivity contribution in [3.8, 4) is 5.75 Å². The van der Waals surface area contributed by atoms with Crippen molar-refractivity contribution >= 4 is 61.8 Å². The molecule has 198 valence electrons. The number of amides is 2. The highest BCUT2D eigenvalue weighted by atomic mass is 79.9. The molecule has 2 aromatic heterocycles. The predicted octanol–water partition coefficient (Wildman–Crippen LogP) is 4.97. The van der Waals surface area contributed by atoms with Gasteiger partial charge in [0.05, 0.1) is 22.3 Å². The number of hydrogen-bond donors (Lipinski definition) is 2. The van der Waals surface area contributed by atoms with E-state index >= 15 is 0 Å². The Morgan fingerprint density at radius 1 is 1.19 bits per heavy atom. The largest absolute Gasteiger partial charge is 0.483 e. The van der Waals surface area contributed by atoms with Crippen LogP contribution >= 0.6 is 39.0 Å². The molecule has 0 fully saturated rings. The highest BCUT2D eigenvalue weighted by molar-refractivity contribution is 9.10. The quantitative estimate of drug-likeness (QED) is 0.229. The van der Waals surface area contributed by atoms with Gasteiger partial charge >= 0.3 is 5.97 Å².